The Morgan fingerprint density at radius 3 is 1.91 bits per heavy atom. The Morgan fingerprint density at radius 1 is 0.914 bits per heavy atom. The van der Waals surface area contributed by atoms with Crippen LogP contribution in [0.5, 0.6) is 5.75 Å². The van der Waals surface area contributed by atoms with E-state index in [9.17, 15) is 19.4 Å². The van der Waals surface area contributed by atoms with Crippen LogP contribution in [0, 0.1) is 11.8 Å². The summed E-state index contributed by atoms with van der Waals surface area (Å²) >= 11 is 0. The quantitative estimate of drug-likeness (QED) is 0.187. The van der Waals surface area contributed by atoms with Gasteiger partial charge < -0.3 is 14.4 Å². The van der Waals surface area contributed by atoms with Gasteiger partial charge in [-0.2, -0.15) is 0 Å². The number of phenolic OH excluding ortho intramolecular Hbond substituents is 1. The zero-order valence-electron chi connectivity index (χ0n) is 22.1. The SMILES string of the molecule is CCCCC(CC)COP(=O)(O)OCC(CC)CCCC.CCc1cc2ccc(O)cc2oc1=O. The molecule has 0 amide bonds. The number of hydrogen-bond donors (Lipinski definition) is 2. The van der Waals surface area contributed by atoms with Gasteiger partial charge in [0.25, 0.3) is 0 Å². The summed E-state index contributed by atoms with van der Waals surface area (Å²) in [5.74, 6) is 0.789. The minimum Gasteiger partial charge on any atom is -0.508 e. The van der Waals surface area contributed by atoms with Crippen molar-refractivity contribution < 1.29 is 28.0 Å². The summed E-state index contributed by atoms with van der Waals surface area (Å²) in [6.07, 6.45) is 9.21. The summed E-state index contributed by atoms with van der Waals surface area (Å²) in [4.78, 5) is 21.1. The Kier molecular flexibility index (Phi) is 15.2. The largest absolute Gasteiger partial charge is 0.508 e. The Balaban J connectivity index is 0.000000375. The van der Waals surface area contributed by atoms with Crippen molar-refractivity contribution in [3.05, 3.63) is 40.2 Å². The summed E-state index contributed by atoms with van der Waals surface area (Å²) in [6, 6.07) is 6.53. The molecule has 2 aromatic rings. The molecule has 0 aliphatic rings. The van der Waals surface area contributed by atoms with E-state index in [4.69, 9.17) is 13.5 Å². The van der Waals surface area contributed by atoms with Gasteiger partial charge in [0, 0.05) is 17.0 Å². The summed E-state index contributed by atoms with van der Waals surface area (Å²) in [5.41, 5.74) is 0.751. The first-order valence-electron chi connectivity index (χ1n) is 13.1. The van der Waals surface area contributed by atoms with Gasteiger partial charge in [-0.05, 0) is 49.3 Å². The number of fused-ring (bicyclic) bond motifs is 1. The van der Waals surface area contributed by atoms with E-state index in [-0.39, 0.29) is 11.4 Å². The number of unbranched alkanes of at least 4 members (excludes halogenated alkanes) is 2. The lowest BCUT2D eigenvalue weighted by molar-refractivity contribution is 0.110. The fourth-order valence-electron chi connectivity index (χ4n) is 3.62. The van der Waals surface area contributed by atoms with E-state index in [1.165, 1.54) is 6.07 Å². The van der Waals surface area contributed by atoms with Gasteiger partial charge in [-0.1, -0.05) is 73.1 Å². The van der Waals surface area contributed by atoms with Gasteiger partial charge in [-0.3, -0.25) is 9.05 Å². The average Bonchev–Trinajstić information content (AvgIpc) is 2.84. The number of hydrogen-bond acceptors (Lipinski definition) is 6. The fraction of sp³-hybridized carbons (Fsp3) is 0.667. The second-order valence-corrected chi connectivity index (χ2v) is 10.5. The molecule has 35 heavy (non-hydrogen) atoms. The van der Waals surface area contributed by atoms with Gasteiger partial charge in [0.15, 0.2) is 0 Å². The first-order valence-corrected chi connectivity index (χ1v) is 14.6. The zero-order chi connectivity index (χ0) is 26.3. The minimum absolute atomic E-state index is 0.102. The molecule has 8 heteroatoms. The predicted octanol–water partition coefficient (Wildman–Crippen LogP) is 7.61. The highest BCUT2D eigenvalue weighted by Crippen LogP contribution is 2.44. The highest BCUT2D eigenvalue weighted by molar-refractivity contribution is 7.47. The highest BCUT2D eigenvalue weighted by atomic mass is 31.2. The van der Waals surface area contributed by atoms with Gasteiger partial charge in [0.2, 0.25) is 0 Å². The first-order chi connectivity index (χ1) is 16.7. The topological polar surface area (TPSA) is 106 Å². The predicted molar refractivity (Wildman–Crippen MR) is 142 cm³/mol. The summed E-state index contributed by atoms with van der Waals surface area (Å²) in [7, 11) is -3.89. The van der Waals surface area contributed by atoms with Crippen LogP contribution in [0.25, 0.3) is 11.0 Å². The molecule has 0 radical (unpaired) electrons. The van der Waals surface area contributed by atoms with Crippen molar-refractivity contribution in [2.75, 3.05) is 13.2 Å². The van der Waals surface area contributed by atoms with Crippen LogP contribution in [0.1, 0.15) is 91.5 Å². The van der Waals surface area contributed by atoms with Crippen molar-refractivity contribution in [3.63, 3.8) is 0 Å². The van der Waals surface area contributed by atoms with Crippen LogP contribution in [0.2, 0.25) is 0 Å². The number of aryl methyl sites for hydroxylation is 1. The summed E-state index contributed by atoms with van der Waals surface area (Å²) in [6.45, 7) is 11.0. The number of phenols is 1. The maximum atomic E-state index is 11.9. The van der Waals surface area contributed by atoms with E-state index in [1.807, 2.05) is 6.92 Å². The van der Waals surface area contributed by atoms with E-state index in [1.54, 1.807) is 18.2 Å². The molecule has 0 saturated heterocycles. The lowest BCUT2D eigenvalue weighted by Crippen LogP contribution is -2.12. The third kappa shape index (κ3) is 12.2. The minimum atomic E-state index is -3.89. The van der Waals surface area contributed by atoms with Crippen LogP contribution < -0.4 is 5.63 Å². The molecule has 2 rings (SSSR count). The van der Waals surface area contributed by atoms with Crippen molar-refractivity contribution >= 4 is 18.8 Å². The molecule has 0 bridgehead atoms. The second kappa shape index (κ2) is 16.9. The number of aromatic hydroxyl groups is 1. The van der Waals surface area contributed by atoms with Gasteiger partial charge in [0.1, 0.15) is 11.3 Å². The average molecular weight is 513 g/mol. The molecule has 0 fully saturated rings. The molecule has 0 saturated carbocycles. The standard InChI is InChI=1S/C16H35O4P.C11H10O3/c1-5-9-11-15(7-3)13-19-21(17,18)20-14-16(8-4)12-10-6-2;1-2-7-5-8-3-4-9(12)6-10(8)14-11(7)13/h15-16H,5-14H2,1-4H3,(H,17,18);3-6,12H,2H2,1H3. The first kappa shape index (κ1) is 31.4. The van der Waals surface area contributed by atoms with Gasteiger partial charge in [0.05, 0.1) is 13.2 Å². The Labute approximate surface area is 210 Å². The second-order valence-electron chi connectivity index (χ2n) is 9.03. The van der Waals surface area contributed by atoms with Crippen LogP contribution in [0.15, 0.2) is 33.5 Å². The van der Waals surface area contributed by atoms with Crippen LogP contribution in [0.3, 0.4) is 0 Å². The van der Waals surface area contributed by atoms with Gasteiger partial charge >= 0.3 is 13.4 Å². The molecular formula is C27H45O7P. The molecule has 7 nitrogen and oxygen atoms in total. The van der Waals surface area contributed by atoms with Crippen LogP contribution in [-0.2, 0) is 20.0 Å². The van der Waals surface area contributed by atoms with Gasteiger partial charge in [-0.15, -0.1) is 0 Å². The smallest absolute Gasteiger partial charge is 0.472 e. The van der Waals surface area contributed by atoms with Crippen molar-refractivity contribution in [3.8, 4) is 5.75 Å². The molecule has 2 unspecified atom stereocenters. The number of phosphoric acid groups is 1. The van der Waals surface area contributed by atoms with Crippen molar-refractivity contribution in [2.45, 2.75) is 92.4 Å². The maximum Gasteiger partial charge on any atom is 0.472 e. The maximum absolute atomic E-state index is 11.9. The van der Waals surface area contributed by atoms with E-state index in [2.05, 4.69) is 27.7 Å². The van der Waals surface area contributed by atoms with Crippen molar-refractivity contribution in [2.24, 2.45) is 11.8 Å². The normalized spacial score (nSPS) is 14.7. The molecule has 0 aliphatic heterocycles. The zero-order valence-corrected chi connectivity index (χ0v) is 23.0. The Hall–Kier alpha value is -1.66. The molecule has 1 aromatic carbocycles. The number of phosphoric ester groups is 1. The molecule has 1 aromatic heterocycles. The van der Waals surface area contributed by atoms with Crippen LogP contribution >= 0.6 is 7.82 Å². The Morgan fingerprint density at radius 2 is 1.46 bits per heavy atom. The summed E-state index contributed by atoms with van der Waals surface area (Å²) in [5, 5.41) is 10.0. The van der Waals surface area contributed by atoms with E-state index >= 15 is 0 Å². The molecule has 2 N–H and O–H groups in total. The third-order valence-electron chi connectivity index (χ3n) is 6.21. The van der Waals surface area contributed by atoms with E-state index in [0.717, 1.165) is 56.8 Å². The van der Waals surface area contributed by atoms with Crippen LogP contribution in [0.4, 0.5) is 0 Å². The monoisotopic (exact) mass is 512 g/mol. The lowest BCUT2D eigenvalue weighted by atomic mass is 10.0. The Bertz CT molecular complexity index is 932. The highest BCUT2D eigenvalue weighted by Gasteiger charge is 2.24. The van der Waals surface area contributed by atoms with Crippen LogP contribution in [-0.4, -0.2) is 23.2 Å². The van der Waals surface area contributed by atoms with Crippen molar-refractivity contribution in [1.29, 1.82) is 0 Å². The lowest BCUT2D eigenvalue weighted by Gasteiger charge is -2.20. The van der Waals surface area contributed by atoms with Crippen molar-refractivity contribution in [1.82, 2.24) is 0 Å². The molecule has 2 atom stereocenters. The fourth-order valence-corrected chi connectivity index (χ4v) is 4.49. The van der Waals surface area contributed by atoms with Gasteiger partial charge in [-0.25, -0.2) is 9.36 Å². The molecule has 0 aliphatic carbocycles. The molecule has 0 spiro atoms. The molecular weight excluding hydrogens is 467 g/mol. The number of rotatable bonds is 15. The van der Waals surface area contributed by atoms with E-state index < -0.39 is 7.82 Å². The molecule has 200 valence electrons. The summed E-state index contributed by atoms with van der Waals surface area (Å²) < 4.78 is 27.3. The third-order valence-corrected chi connectivity index (χ3v) is 7.16. The molecule has 1 heterocycles. The number of benzene rings is 1. The van der Waals surface area contributed by atoms with E-state index in [0.29, 0.717) is 42.6 Å².